The number of methoxy groups -OCH3 is 1. The minimum absolute atomic E-state index is 0.0754. The zero-order valence-corrected chi connectivity index (χ0v) is 24.5. The van der Waals surface area contributed by atoms with E-state index in [0.29, 0.717) is 37.4 Å². The van der Waals surface area contributed by atoms with Gasteiger partial charge in [-0.15, -0.1) is 5.10 Å². The van der Waals surface area contributed by atoms with Gasteiger partial charge >= 0.3 is 6.09 Å². The molecule has 1 amide bonds. The summed E-state index contributed by atoms with van der Waals surface area (Å²) in [5.74, 6) is -0.744. The highest BCUT2D eigenvalue weighted by Gasteiger charge is 2.47. The predicted octanol–water partition coefficient (Wildman–Crippen LogP) is 3.25. The zero-order valence-electron chi connectivity index (χ0n) is 24.5. The number of amides is 1. The molecule has 1 aromatic carbocycles. The van der Waals surface area contributed by atoms with Crippen LogP contribution in [0.2, 0.25) is 0 Å². The second-order valence-corrected chi connectivity index (χ2v) is 12.0. The molecule has 5 rings (SSSR count). The fraction of sp³-hybridized carbons (Fsp3) is 0.586. The van der Waals surface area contributed by atoms with Crippen molar-refractivity contribution in [1.29, 1.82) is 0 Å². The van der Waals surface area contributed by atoms with Crippen LogP contribution in [0.15, 0.2) is 35.0 Å². The molecule has 0 saturated carbocycles. The van der Waals surface area contributed by atoms with Crippen LogP contribution in [-0.4, -0.2) is 98.2 Å². The van der Waals surface area contributed by atoms with Crippen molar-refractivity contribution in [2.45, 2.75) is 82.0 Å². The Bertz CT molecular complexity index is 1380. The van der Waals surface area contributed by atoms with Crippen LogP contribution in [0.4, 0.5) is 13.6 Å². The van der Waals surface area contributed by atoms with Crippen LogP contribution in [0.1, 0.15) is 57.0 Å². The van der Waals surface area contributed by atoms with Gasteiger partial charge in [0.25, 0.3) is 0 Å². The molecule has 0 bridgehead atoms. The van der Waals surface area contributed by atoms with Crippen molar-refractivity contribution in [3.05, 3.63) is 53.6 Å². The van der Waals surface area contributed by atoms with E-state index in [4.69, 9.17) is 18.7 Å². The molecule has 5 atom stereocenters. The first kappa shape index (κ1) is 31.0. The summed E-state index contributed by atoms with van der Waals surface area (Å²) in [5.41, 5.74) is 0.415. The van der Waals surface area contributed by atoms with Gasteiger partial charge in [0, 0.05) is 50.2 Å². The Morgan fingerprint density at radius 1 is 1.12 bits per heavy atom. The quantitative estimate of drug-likeness (QED) is 0.412. The minimum atomic E-state index is -1.23. The van der Waals surface area contributed by atoms with Crippen molar-refractivity contribution >= 4 is 6.09 Å². The molecule has 0 unspecified atom stereocenters. The Balaban J connectivity index is 1.29. The van der Waals surface area contributed by atoms with E-state index < -0.39 is 54.3 Å². The first-order valence-electron chi connectivity index (χ1n) is 14.2. The maximum absolute atomic E-state index is 13.8. The molecule has 0 aliphatic carbocycles. The first-order valence-corrected chi connectivity index (χ1v) is 14.2. The standard InChI is InChI=1S/C29H37F2N5O7/c1-29(2,3)42-28(39)35-7-5-16(6-8-35)22-12-20(33-43-22)13-23-27(40-4)25(26(38)24(15-37)41-23)36-14-21(32-34-36)17-9-18(30)11-19(31)10-17/h9-12,14,16,23-27,37-38H,5-8,13,15H2,1-4H3/t23-,24-,25+,26+,27+/m1/s1. The summed E-state index contributed by atoms with van der Waals surface area (Å²) in [7, 11) is 1.46. The number of carbonyl (C=O) groups is 1. The molecule has 14 heteroatoms. The maximum Gasteiger partial charge on any atom is 0.410 e. The number of rotatable bonds is 7. The molecule has 3 aromatic rings. The van der Waals surface area contributed by atoms with Crippen molar-refractivity contribution in [3.8, 4) is 11.3 Å². The van der Waals surface area contributed by atoms with Crippen molar-refractivity contribution < 1.29 is 42.5 Å². The van der Waals surface area contributed by atoms with Gasteiger partial charge < -0.3 is 33.8 Å². The average Bonchev–Trinajstić information content (AvgIpc) is 3.62. The Kier molecular flexibility index (Phi) is 9.11. The number of halogens is 2. The molecule has 2 fully saturated rings. The van der Waals surface area contributed by atoms with Gasteiger partial charge in [-0.2, -0.15) is 0 Å². The number of aliphatic hydroxyl groups excluding tert-OH is 2. The lowest BCUT2D eigenvalue weighted by molar-refractivity contribution is -0.212. The van der Waals surface area contributed by atoms with Gasteiger partial charge in [-0.1, -0.05) is 10.4 Å². The van der Waals surface area contributed by atoms with E-state index >= 15 is 0 Å². The SMILES string of the molecule is CO[C@@H]1[C@@H](n2cc(-c3cc(F)cc(F)c3)nn2)[C@@H](O)[C@@H](CO)O[C@@H]1Cc1cc(C2CCN(C(=O)OC(C)(C)C)CC2)on1. The second kappa shape index (κ2) is 12.6. The number of carbonyl (C=O) groups excluding carboxylic acids is 1. The summed E-state index contributed by atoms with van der Waals surface area (Å²) in [6, 6.07) is 4.03. The van der Waals surface area contributed by atoms with Crippen LogP contribution >= 0.6 is 0 Å². The van der Waals surface area contributed by atoms with Crippen LogP contribution in [0.25, 0.3) is 11.3 Å². The van der Waals surface area contributed by atoms with E-state index in [-0.39, 0.29) is 29.7 Å². The monoisotopic (exact) mass is 605 g/mol. The van der Waals surface area contributed by atoms with Crippen molar-refractivity contribution in [3.63, 3.8) is 0 Å². The average molecular weight is 606 g/mol. The third-order valence-corrected chi connectivity index (χ3v) is 7.75. The summed E-state index contributed by atoms with van der Waals surface area (Å²) < 4.78 is 51.9. The zero-order chi connectivity index (χ0) is 30.9. The highest BCUT2D eigenvalue weighted by Crippen LogP contribution is 2.35. The van der Waals surface area contributed by atoms with Crippen molar-refractivity contribution in [2.24, 2.45) is 0 Å². The predicted molar refractivity (Wildman–Crippen MR) is 147 cm³/mol. The normalized spacial score (nSPS) is 25.2. The number of nitrogens with zero attached hydrogens (tertiary/aromatic N) is 5. The first-order chi connectivity index (χ1) is 20.5. The van der Waals surface area contributed by atoms with E-state index in [9.17, 15) is 23.8 Å². The molecule has 12 nitrogen and oxygen atoms in total. The smallest absolute Gasteiger partial charge is 0.410 e. The number of aromatic nitrogens is 4. The summed E-state index contributed by atoms with van der Waals surface area (Å²) >= 11 is 0. The number of benzene rings is 1. The van der Waals surface area contributed by atoms with Crippen LogP contribution < -0.4 is 0 Å². The van der Waals surface area contributed by atoms with E-state index in [2.05, 4.69) is 15.5 Å². The second-order valence-electron chi connectivity index (χ2n) is 12.0. The molecular formula is C29H37F2N5O7. The van der Waals surface area contributed by atoms with Crippen LogP contribution in [0, 0.1) is 11.6 Å². The van der Waals surface area contributed by atoms with Gasteiger partial charge in [-0.05, 0) is 45.7 Å². The van der Waals surface area contributed by atoms with E-state index in [0.717, 1.165) is 18.2 Å². The summed E-state index contributed by atoms with van der Waals surface area (Å²) in [4.78, 5) is 14.1. The molecule has 2 saturated heterocycles. The third kappa shape index (κ3) is 7.03. The van der Waals surface area contributed by atoms with Gasteiger partial charge in [0.05, 0.1) is 24.6 Å². The number of piperidine rings is 1. The number of aliphatic hydroxyl groups is 2. The van der Waals surface area contributed by atoms with Crippen LogP contribution in [-0.2, 0) is 20.6 Å². The number of likely N-dealkylation sites (tertiary alicyclic amines) is 1. The van der Waals surface area contributed by atoms with Crippen LogP contribution in [0.3, 0.4) is 0 Å². The molecule has 2 aromatic heterocycles. The van der Waals surface area contributed by atoms with E-state index in [1.165, 1.54) is 18.0 Å². The third-order valence-electron chi connectivity index (χ3n) is 7.75. The minimum Gasteiger partial charge on any atom is -0.444 e. The Labute approximate surface area is 247 Å². The Hall–Kier alpha value is -3.46. The fourth-order valence-corrected chi connectivity index (χ4v) is 5.68. The summed E-state index contributed by atoms with van der Waals surface area (Å²) in [5, 5.41) is 33.5. The number of hydrogen-bond donors (Lipinski definition) is 2. The van der Waals surface area contributed by atoms with Crippen LogP contribution in [0.5, 0.6) is 0 Å². The molecule has 0 spiro atoms. The van der Waals surface area contributed by atoms with Gasteiger partial charge in [-0.25, -0.2) is 18.3 Å². The van der Waals surface area contributed by atoms with E-state index in [1.807, 2.05) is 26.8 Å². The lowest BCUT2D eigenvalue weighted by Gasteiger charge is -2.43. The molecule has 0 radical (unpaired) electrons. The number of ether oxygens (including phenoxy) is 3. The van der Waals surface area contributed by atoms with Gasteiger partial charge in [0.2, 0.25) is 0 Å². The molecule has 2 aliphatic heterocycles. The highest BCUT2D eigenvalue weighted by molar-refractivity contribution is 5.68. The molecule has 43 heavy (non-hydrogen) atoms. The molecular weight excluding hydrogens is 568 g/mol. The van der Waals surface area contributed by atoms with Gasteiger partial charge in [0.1, 0.15) is 53.0 Å². The number of hydrogen-bond acceptors (Lipinski definition) is 10. The molecule has 2 N–H and O–H groups in total. The van der Waals surface area contributed by atoms with E-state index in [1.54, 1.807) is 4.90 Å². The highest BCUT2D eigenvalue weighted by atomic mass is 19.1. The summed E-state index contributed by atoms with van der Waals surface area (Å²) in [6.45, 7) is 6.10. The Morgan fingerprint density at radius 2 is 1.81 bits per heavy atom. The largest absolute Gasteiger partial charge is 0.444 e. The molecule has 234 valence electrons. The lowest BCUT2D eigenvalue weighted by atomic mass is 9.90. The fourth-order valence-electron chi connectivity index (χ4n) is 5.68. The van der Waals surface area contributed by atoms with Gasteiger partial charge in [-0.3, -0.25) is 0 Å². The molecule has 2 aliphatic rings. The lowest BCUT2D eigenvalue weighted by Crippen LogP contribution is -2.57. The maximum atomic E-state index is 13.8. The topological polar surface area (TPSA) is 145 Å². The van der Waals surface area contributed by atoms with Crippen molar-refractivity contribution in [2.75, 3.05) is 26.8 Å². The Morgan fingerprint density at radius 3 is 2.44 bits per heavy atom. The summed E-state index contributed by atoms with van der Waals surface area (Å²) in [6.07, 6.45) is -0.856. The van der Waals surface area contributed by atoms with Crippen molar-refractivity contribution in [1.82, 2.24) is 25.1 Å². The van der Waals surface area contributed by atoms with Gasteiger partial charge in [0.15, 0.2) is 0 Å². The molecule has 4 heterocycles.